The Balaban J connectivity index is 1.96. The van der Waals surface area contributed by atoms with E-state index < -0.39 is 11.6 Å². The van der Waals surface area contributed by atoms with Crippen LogP contribution >= 0.6 is 0 Å². The van der Waals surface area contributed by atoms with E-state index in [1.807, 2.05) is 0 Å². The minimum Gasteiger partial charge on any atom is -0.494 e. The smallest absolute Gasteiger partial charge is 0.256 e. The number of carbonyl (C=O) groups is 1. The number of hydrogen-bond donors (Lipinski definition) is 2. The quantitative estimate of drug-likeness (QED) is 0.473. The average Bonchev–Trinajstić information content (AvgIpc) is 2.71. The summed E-state index contributed by atoms with van der Waals surface area (Å²) in [5.41, 5.74) is 7.04. The summed E-state index contributed by atoms with van der Waals surface area (Å²) >= 11 is 0. The molecule has 0 atom stereocenters. The number of aromatic nitrogens is 1. The van der Waals surface area contributed by atoms with Gasteiger partial charge in [0.2, 0.25) is 0 Å². The highest BCUT2D eigenvalue weighted by Crippen LogP contribution is 2.21. The Bertz CT molecular complexity index is 1090. The van der Waals surface area contributed by atoms with Crippen LogP contribution in [0.4, 0.5) is 10.2 Å². The first-order valence-corrected chi connectivity index (χ1v) is 9.09. The van der Waals surface area contributed by atoms with Crippen LogP contribution in [-0.4, -0.2) is 28.7 Å². The third kappa shape index (κ3) is 4.35. The summed E-state index contributed by atoms with van der Waals surface area (Å²) in [6.07, 6.45) is 0.515. The number of nitrogen functional groups attached to an aromatic ring is 1. The highest BCUT2D eigenvalue weighted by Gasteiger charge is 2.17. The third-order valence-corrected chi connectivity index (χ3v) is 4.46. The van der Waals surface area contributed by atoms with E-state index in [0.717, 1.165) is 0 Å². The predicted octanol–water partition coefficient (Wildman–Crippen LogP) is 2.86. The van der Waals surface area contributed by atoms with Gasteiger partial charge >= 0.3 is 0 Å². The van der Waals surface area contributed by atoms with Gasteiger partial charge < -0.3 is 15.6 Å². The summed E-state index contributed by atoms with van der Waals surface area (Å²) in [7, 11) is 0. The minimum absolute atomic E-state index is 0.00146. The molecule has 0 radical (unpaired) electrons. The van der Waals surface area contributed by atoms with Gasteiger partial charge in [-0.25, -0.2) is 4.39 Å². The number of anilines is 1. The standard InChI is InChI=1S/C22H21FN2O4/c1-14-13-15(3-9-19(14)23)21(28)18-8-10-20(27)25(22(18)24)16-4-6-17(7-5-16)29-12-2-11-26/h3-10,13,26H,2,11-12,24H2,1H3. The number of ether oxygens (including phenoxy) is 1. The number of ketones is 1. The zero-order chi connectivity index (χ0) is 21.0. The van der Waals surface area contributed by atoms with Gasteiger partial charge in [0.05, 0.1) is 17.9 Å². The summed E-state index contributed by atoms with van der Waals surface area (Å²) < 4.78 is 20.2. The maximum absolute atomic E-state index is 13.5. The maximum Gasteiger partial charge on any atom is 0.256 e. The van der Waals surface area contributed by atoms with Crippen molar-refractivity contribution in [2.75, 3.05) is 18.9 Å². The Hall–Kier alpha value is -3.45. The molecule has 0 spiro atoms. The molecule has 6 nitrogen and oxygen atoms in total. The van der Waals surface area contributed by atoms with Crippen LogP contribution < -0.4 is 16.0 Å². The van der Waals surface area contributed by atoms with E-state index in [4.69, 9.17) is 15.6 Å². The molecule has 0 aliphatic rings. The molecule has 29 heavy (non-hydrogen) atoms. The lowest BCUT2D eigenvalue weighted by Gasteiger charge is -2.14. The first kappa shape index (κ1) is 20.3. The fourth-order valence-corrected chi connectivity index (χ4v) is 2.90. The maximum atomic E-state index is 13.5. The average molecular weight is 396 g/mol. The fraction of sp³-hybridized carbons (Fsp3) is 0.182. The van der Waals surface area contributed by atoms with Crippen molar-refractivity contribution < 1.29 is 19.0 Å². The Morgan fingerprint density at radius 2 is 1.86 bits per heavy atom. The number of aliphatic hydroxyl groups excluding tert-OH is 1. The largest absolute Gasteiger partial charge is 0.494 e. The molecule has 0 amide bonds. The second-order valence-electron chi connectivity index (χ2n) is 6.52. The molecular formula is C22H21FN2O4. The number of aryl methyl sites for hydroxylation is 1. The lowest BCUT2D eigenvalue weighted by atomic mass is 10.0. The van der Waals surface area contributed by atoms with Crippen molar-refractivity contribution in [1.29, 1.82) is 0 Å². The van der Waals surface area contributed by atoms with Crippen LogP contribution in [0.25, 0.3) is 5.69 Å². The summed E-state index contributed by atoms with van der Waals surface area (Å²) in [5, 5.41) is 8.80. The molecular weight excluding hydrogens is 375 g/mol. The van der Waals surface area contributed by atoms with Crippen LogP contribution in [0.1, 0.15) is 27.9 Å². The van der Waals surface area contributed by atoms with Gasteiger partial charge in [-0.1, -0.05) is 0 Å². The molecule has 2 aromatic carbocycles. The van der Waals surface area contributed by atoms with Gasteiger partial charge in [0.15, 0.2) is 5.78 Å². The molecule has 0 saturated carbocycles. The molecule has 3 rings (SSSR count). The molecule has 0 saturated heterocycles. The molecule has 150 valence electrons. The number of aliphatic hydroxyl groups is 1. The zero-order valence-corrected chi connectivity index (χ0v) is 15.9. The SMILES string of the molecule is Cc1cc(C(=O)c2ccc(=O)n(-c3ccc(OCCCO)cc3)c2N)ccc1F. The van der Waals surface area contributed by atoms with Crippen molar-refractivity contribution in [2.45, 2.75) is 13.3 Å². The molecule has 0 bridgehead atoms. The molecule has 0 unspecified atom stereocenters. The highest BCUT2D eigenvalue weighted by atomic mass is 19.1. The monoisotopic (exact) mass is 396 g/mol. The molecule has 1 aromatic heterocycles. The number of benzene rings is 2. The lowest BCUT2D eigenvalue weighted by Crippen LogP contribution is -2.23. The van der Waals surface area contributed by atoms with Crippen LogP contribution in [0.3, 0.4) is 0 Å². The van der Waals surface area contributed by atoms with Crippen molar-refractivity contribution in [1.82, 2.24) is 4.57 Å². The Labute approximate surface area is 167 Å². The minimum atomic E-state index is -0.402. The van der Waals surface area contributed by atoms with E-state index in [0.29, 0.717) is 30.0 Å². The van der Waals surface area contributed by atoms with Crippen molar-refractivity contribution in [3.8, 4) is 11.4 Å². The van der Waals surface area contributed by atoms with Gasteiger partial charge in [0.25, 0.3) is 5.56 Å². The summed E-state index contributed by atoms with van der Waals surface area (Å²) in [5.74, 6) is -0.217. The van der Waals surface area contributed by atoms with Crippen LogP contribution in [0.2, 0.25) is 0 Å². The number of pyridine rings is 1. The second-order valence-corrected chi connectivity index (χ2v) is 6.52. The summed E-state index contributed by atoms with van der Waals surface area (Å²) in [4.78, 5) is 25.3. The first-order valence-electron chi connectivity index (χ1n) is 9.09. The number of hydrogen-bond acceptors (Lipinski definition) is 5. The highest BCUT2D eigenvalue weighted by molar-refractivity contribution is 6.11. The van der Waals surface area contributed by atoms with Gasteiger partial charge in [0, 0.05) is 24.7 Å². The van der Waals surface area contributed by atoms with E-state index in [1.165, 1.54) is 34.9 Å². The van der Waals surface area contributed by atoms with Crippen LogP contribution in [-0.2, 0) is 0 Å². The summed E-state index contributed by atoms with van der Waals surface area (Å²) in [6.45, 7) is 1.98. The molecule has 0 fully saturated rings. The first-order chi connectivity index (χ1) is 13.9. The lowest BCUT2D eigenvalue weighted by molar-refractivity contribution is 0.103. The van der Waals surface area contributed by atoms with Crippen molar-refractivity contribution in [3.63, 3.8) is 0 Å². The third-order valence-electron chi connectivity index (χ3n) is 4.46. The number of nitrogens with two attached hydrogens (primary N) is 1. The van der Waals surface area contributed by atoms with Crippen LogP contribution in [0, 0.1) is 12.7 Å². The van der Waals surface area contributed by atoms with Gasteiger partial charge in [-0.15, -0.1) is 0 Å². The van der Waals surface area contributed by atoms with E-state index in [2.05, 4.69) is 0 Å². The van der Waals surface area contributed by atoms with E-state index in [9.17, 15) is 14.0 Å². The van der Waals surface area contributed by atoms with Gasteiger partial charge in [-0.3, -0.25) is 14.2 Å². The van der Waals surface area contributed by atoms with E-state index in [-0.39, 0.29) is 29.1 Å². The summed E-state index contributed by atoms with van der Waals surface area (Å²) in [6, 6.07) is 13.4. The molecule has 1 heterocycles. The molecule has 3 N–H and O–H groups in total. The number of halogens is 1. The van der Waals surface area contributed by atoms with Gasteiger partial charge in [0.1, 0.15) is 17.4 Å². The van der Waals surface area contributed by atoms with Crippen molar-refractivity contribution in [3.05, 3.63) is 87.5 Å². The molecule has 7 heteroatoms. The molecule has 0 aliphatic carbocycles. The molecule has 3 aromatic rings. The Morgan fingerprint density at radius 3 is 2.52 bits per heavy atom. The second kappa shape index (κ2) is 8.70. The predicted molar refractivity (Wildman–Crippen MR) is 108 cm³/mol. The van der Waals surface area contributed by atoms with Gasteiger partial charge in [-0.2, -0.15) is 0 Å². The molecule has 0 aliphatic heterocycles. The fourth-order valence-electron chi connectivity index (χ4n) is 2.90. The van der Waals surface area contributed by atoms with Crippen LogP contribution in [0.5, 0.6) is 5.75 Å². The Kier molecular flexibility index (Phi) is 6.09. The number of rotatable bonds is 7. The number of carbonyl (C=O) groups excluding carboxylic acids is 1. The van der Waals surface area contributed by atoms with E-state index >= 15 is 0 Å². The zero-order valence-electron chi connectivity index (χ0n) is 15.9. The topological polar surface area (TPSA) is 94.5 Å². The Morgan fingerprint density at radius 1 is 1.14 bits per heavy atom. The van der Waals surface area contributed by atoms with E-state index in [1.54, 1.807) is 31.2 Å². The number of nitrogens with zero attached hydrogens (tertiary/aromatic N) is 1. The van der Waals surface area contributed by atoms with Crippen LogP contribution in [0.15, 0.2) is 59.4 Å². The van der Waals surface area contributed by atoms with Gasteiger partial charge in [-0.05, 0) is 61.0 Å². The normalized spacial score (nSPS) is 10.7. The van der Waals surface area contributed by atoms with Crippen molar-refractivity contribution >= 4 is 11.6 Å². The van der Waals surface area contributed by atoms with Crippen molar-refractivity contribution in [2.24, 2.45) is 0 Å².